The number of carbonyl (C=O) groups excluding carboxylic acids is 4. The molecule has 3 aliphatic rings. The monoisotopic (exact) mass is 569 g/mol. The van der Waals surface area contributed by atoms with Gasteiger partial charge in [0.2, 0.25) is 0 Å². The average molecular weight is 570 g/mol. The van der Waals surface area contributed by atoms with Gasteiger partial charge in [0.05, 0.1) is 18.8 Å². The lowest BCUT2D eigenvalue weighted by Crippen LogP contribution is -2.48. The zero-order valence-electron chi connectivity index (χ0n) is 23.5. The van der Waals surface area contributed by atoms with Crippen molar-refractivity contribution >= 4 is 35.1 Å². The summed E-state index contributed by atoms with van der Waals surface area (Å²) < 4.78 is 11.1. The Hall–Kier alpha value is -5.30. The number of ether oxygens (including phenoxy) is 2. The van der Waals surface area contributed by atoms with Gasteiger partial charge in [-0.25, -0.2) is 0 Å². The molecule has 7 heteroatoms. The quantitative estimate of drug-likeness (QED) is 0.127. The van der Waals surface area contributed by atoms with Gasteiger partial charge in [-0.3, -0.25) is 19.2 Å². The summed E-state index contributed by atoms with van der Waals surface area (Å²) in [6.07, 6.45) is 3.69. The zero-order chi connectivity index (χ0) is 29.9. The third-order valence-electron chi connectivity index (χ3n) is 8.84. The number of benzene rings is 4. The van der Waals surface area contributed by atoms with E-state index in [9.17, 15) is 19.2 Å². The number of rotatable bonds is 5. The number of Topliss-reactive ketones (excluding diaryl/α,β-unsaturated/α-hetero) is 3. The van der Waals surface area contributed by atoms with E-state index in [4.69, 9.17) is 9.47 Å². The Morgan fingerprint density at radius 1 is 0.791 bits per heavy atom. The van der Waals surface area contributed by atoms with Crippen molar-refractivity contribution < 1.29 is 28.7 Å². The van der Waals surface area contributed by atoms with Crippen LogP contribution in [0.4, 0.5) is 5.69 Å². The van der Waals surface area contributed by atoms with E-state index in [-0.39, 0.29) is 23.1 Å². The van der Waals surface area contributed by atoms with E-state index in [0.717, 1.165) is 0 Å². The lowest BCUT2D eigenvalue weighted by Gasteiger charge is -2.37. The second kappa shape index (κ2) is 9.91. The third-order valence-corrected chi connectivity index (χ3v) is 8.84. The van der Waals surface area contributed by atoms with Crippen LogP contribution in [0.3, 0.4) is 0 Å². The van der Waals surface area contributed by atoms with Crippen molar-refractivity contribution in [1.82, 2.24) is 0 Å². The van der Waals surface area contributed by atoms with E-state index in [1.807, 2.05) is 41.3 Å². The van der Waals surface area contributed by atoms with Crippen molar-refractivity contribution in [2.75, 3.05) is 12.0 Å². The van der Waals surface area contributed by atoms with Crippen LogP contribution < -0.4 is 14.4 Å². The number of ketones is 3. The van der Waals surface area contributed by atoms with Gasteiger partial charge in [0.25, 0.3) is 0 Å². The Labute approximate surface area is 248 Å². The van der Waals surface area contributed by atoms with Gasteiger partial charge in [-0.15, -0.1) is 0 Å². The molecule has 1 aliphatic carbocycles. The second-order valence-corrected chi connectivity index (χ2v) is 11.0. The Kier molecular flexibility index (Phi) is 6.13. The summed E-state index contributed by atoms with van der Waals surface area (Å²) in [6, 6.07) is 26.4. The smallest absolute Gasteiger partial charge is 0.308 e. The third kappa shape index (κ3) is 3.74. The number of hydrogen-bond donors (Lipinski definition) is 0. The fraction of sp³-hybridized carbons (Fsp3) is 0.167. The largest absolute Gasteiger partial charge is 0.497 e. The van der Waals surface area contributed by atoms with E-state index in [0.29, 0.717) is 39.3 Å². The average Bonchev–Trinajstić information content (AvgIpc) is 3.47. The van der Waals surface area contributed by atoms with Gasteiger partial charge >= 0.3 is 5.97 Å². The van der Waals surface area contributed by atoms with Crippen molar-refractivity contribution in [3.05, 3.63) is 131 Å². The molecule has 0 bridgehead atoms. The highest BCUT2D eigenvalue weighted by Crippen LogP contribution is 2.62. The van der Waals surface area contributed by atoms with E-state index in [1.54, 1.807) is 79.9 Å². The first kappa shape index (κ1) is 26.6. The molecule has 2 aliphatic heterocycles. The predicted octanol–water partition coefficient (Wildman–Crippen LogP) is 5.94. The highest BCUT2D eigenvalue weighted by atomic mass is 16.5. The van der Waals surface area contributed by atoms with Crippen LogP contribution in [0.2, 0.25) is 0 Å². The minimum atomic E-state index is -1.66. The maximum Gasteiger partial charge on any atom is 0.308 e. The van der Waals surface area contributed by atoms with Gasteiger partial charge in [0.1, 0.15) is 17.2 Å². The van der Waals surface area contributed by atoms with Gasteiger partial charge in [0, 0.05) is 35.1 Å². The van der Waals surface area contributed by atoms with Crippen molar-refractivity contribution in [2.24, 2.45) is 5.41 Å². The summed E-state index contributed by atoms with van der Waals surface area (Å²) in [7, 11) is 1.56. The Balaban J connectivity index is 1.56. The first-order chi connectivity index (χ1) is 20.9. The standard InChI is InChI=1S/C36H27NO6/c1-21(38)43-28-14-8-11-23-17-20-29-36(34(40)26-12-6-7-13-27(26)35(36)41)30(22-15-18-25(42-2)19-16-22)32(37(29)31(23)28)33(39)24-9-4-3-5-10-24/h3-20,29-30,32H,1-2H3/t29?,30-,32+/m0/s1. The molecular formula is C36H27NO6. The maximum absolute atomic E-state index is 14.8. The lowest BCUT2D eigenvalue weighted by atomic mass is 9.64. The molecule has 1 saturated heterocycles. The van der Waals surface area contributed by atoms with Gasteiger partial charge in [-0.05, 0) is 23.8 Å². The first-order valence-electron chi connectivity index (χ1n) is 14.1. The summed E-state index contributed by atoms with van der Waals surface area (Å²) in [6.45, 7) is 1.31. The Bertz CT molecular complexity index is 1810. The number of methoxy groups -OCH3 is 1. The van der Waals surface area contributed by atoms with Gasteiger partial charge in [0.15, 0.2) is 23.1 Å². The molecule has 3 atom stereocenters. The molecular weight excluding hydrogens is 542 g/mol. The number of carbonyl (C=O) groups is 4. The predicted molar refractivity (Wildman–Crippen MR) is 161 cm³/mol. The molecule has 7 nitrogen and oxygen atoms in total. The Morgan fingerprint density at radius 2 is 1.44 bits per heavy atom. The molecule has 212 valence electrons. The second-order valence-electron chi connectivity index (χ2n) is 11.0. The van der Waals surface area contributed by atoms with Crippen LogP contribution in [0.1, 0.15) is 55.0 Å². The molecule has 0 saturated carbocycles. The number of fused-ring (bicyclic) bond motifs is 5. The first-order valence-corrected chi connectivity index (χ1v) is 14.1. The minimum Gasteiger partial charge on any atom is -0.497 e. The van der Waals surface area contributed by atoms with Crippen LogP contribution >= 0.6 is 0 Å². The summed E-state index contributed by atoms with van der Waals surface area (Å²) in [5.41, 5.74) is 1.31. The van der Waals surface area contributed by atoms with E-state index < -0.39 is 29.4 Å². The molecule has 4 aromatic rings. The van der Waals surface area contributed by atoms with E-state index in [1.165, 1.54) is 6.92 Å². The molecule has 0 amide bonds. The molecule has 1 unspecified atom stereocenters. The highest BCUT2D eigenvalue weighted by Gasteiger charge is 2.71. The fourth-order valence-corrected chi connectivity index (χ4v) is 7.18. The van der Waals surface area contributed by atoms with Crippen LogP contribution in [-0.4, -0.2) is 42.5 Å². The number of anilines is 1. The van der Waals surface area contributed by atoms with Crippen molar-refractivity contribution in [3.8, 4) is 11.5 Å². The van der Waals surface area contributed by atoms with Crippen LogP contribution in [-0.2, 0) is 4.79 Å². The molecule has 4 aromatic carbocycles. The molecule has 0 radical (unpaired) electrons. The molecule has 7 rings (SSSR count). The number of esters is 1. The minimum absolute atomic E-state index is 0.251. The Morgan fingerprint density at radius 3 is 2.07 bits per heavy atom. The van der Waals surface area contributed by atoms with Crippen LogP contribution in [0.5, 0.6) is 11.5 Å². The zero-order valence-corrected chi connectivity index (χ0v) is 23.5. The summed E-state index contributed by atoms with van der Waals surface area (Å²) in [5, 5.41) is 0. The molecule has 0 aromatic heterocycles. The number of para-hydroxylation sites is 1. The number of nitrogens with zero attached hydrogens (tertiary/aromatic N) is 1. The summed E-state index contributed by atoms with van der Waals surface area (Å²) in [5.74, 6) is -1.45. The van der Waals surface area contributed by atoms with Crippen LogP contribution in [0, 0.1) is 5.41 Å². The molecule has 1 fully saturated rings. The highest BCUT2D eigenvalue weighted by molar-refractivity contribution is 6.32. The maximum atomic E-state index is 14.8. The van der Waals surface area contributed by atoms with E-state index >= 15 is 0 Å². The van der Waals surface area contributed by atoms with Gasteiger partial charge in [-0.1, -0.05) is 91.0 Å². The summed E-state index contributed by atoms with van der Waals surface area (Å²) in [4.78, 5) is 58.4. The number of hydrogen-bond acceptors (Lipinski definition) is 7. The fourth-order valence-electron chi connectivity index (χ4n) is 7.18. The summed E-state index contributed by atoms with van der Waals surface area (Å²) >= 11 is 0. The normalized spacial score (nSPS) is 20.9. The van der Waals surface area contributed by atoms with Crippen molar-refractivity contribution in [1.29, 1.82) is 0 Å². The topological polar surface area (TPSA) is 90.0 Å². The van der Waals surface area contributed by atoms with Crippen LogP contribution in [0.15, 0.2) is 103 Å². The van der Waals surface area contributed by atoms with Crippen molar-refractivity contribution in [3.63, 3.8) is 0 Å². The lowest BCUT2D eigenvalue weighted by molar-refractivity contribution is -0.131. The molecule has 2 heterocycles. The molecule has 1 spiro atoms. The van der Waals surface area contributed by atoms with Gasteiger partial charge < -0.3 is 14.4 Å². The van der Waals surface area contributed by atoms with Crippen molar-refractivity contribution in [2.45, 2.75) is 24.9 Å². The molecule has 43 heavy (non-hydrogen) atoms. The van der Waals surface area contributed by atoms with Crippen LogP contribution in [0.25, 0.3) is 6.08 Å². The SMILES string of the molecule is COc1ccc([C@H]2[C@H](C(=O)c3ccccc3)N3c4c(cccc4OC(C)=O)C=CC3C23C(=O)c2ccccc2C3=O)cc1. The van der Waals surface area contributed by atoms with E-state index in [2.05, 4.69) is 0 Å². The molecule has 0 N–H and O–H groups in total. The van der Waals surface area contributed by atoms with Gasteiger partial charge in [-0.2, -0.15) is 0 Å².